The van der Waals surface area contributed by atoms with E-state index in [0.29, 0.717) is 0 Å². The fraction of sp³-hybridized carbons (Fsp3) is 1.00. The molecule has 0 spiro atoms. The van der Waals surface area contributed by atoms with Crippen LogP contribution in [0.5, 0.6) is 0 Å². The Morgan fingerprint density at radius 1 is 0.467 bits per heavy atom. The van der Waals surface area contributed by atoms with Crippen molar-refractivity contribution in [2.75, 3.05) is 0 Å². The van der Waals surface area contributed by atoms with E-state index in [1.165, 1.54) is 70.6 Å². The summed E-state index contributed by atoms with van der Waals surface area (Å²) in [6.07, 6.45) is 17.1. The zero-order valence-corrected chi connectivity index (χ0v) is 10.2. The molecule has 2 radical (unpaired) electrons. The highest BCUT2D eigenvalue weighted by atomic mass is 14.6. The van der Waals surface area contributed by atoms with Crippen molar-refractivity contribution in [1.82, 2.24) is 5.73 Å². The predicted octanol–water partition coefficient (Wildman–Crippen LogP) is 4.51. The summed E-state index contributed by atoms with van der Waals surface area (Å²) in [4.78, 5) is 0. The molecule has 0 amide bonds. The highest BCUT2D eigenvalue weighted by Crippen LogP contribution is 2.16. The van der Waals surface area contributed by atoms with Crippen LogP contribution >= 0.6 is 0 Å². The molecule has 15 heavy (non-hydrogen) atoms. The molecule has 1 rings (SSSR count). The smallest absolute Gasteiger partial charge is 0.0433 e. The largest absolute Gasteiger partial charge is 0.141 e. The average molecular weight is 209 g/mol. The van der Waals surface area contributed by atoms with Crippen LogP contribution in [0.4, 0.5) is 0 Å². The summed E-state index contributed by atoms with van der Waals surface area (Å²) in [6.45, 7) is 0. The fourth-order valence-electron chi connectivity index (χ4n) is 2.50. The quantitative estimate of drug-likeness (QED) is 0.560. The summed E-state index contributed by atoms with van der Waals surface area (Å²) < 4.78 is 0. The van der Waals surface area contributed by atoms with Crippen molar-refractivity contribution in [3.63, 3.8) is 0 Å². The maximum Gasteiger partial charge on any atom is 0.0433 e. The fourth-order valence-corrected chi connectivity index (χ4v) is 2.50. The van der Waals surface area contributed by atoms with Gasteiger partial charge in [-0.1, -0.05) is 70.6 Å². The van der Waals surface area contributed by atoms with Gasteiger partial charge < -0.3 is 0 Å². The molecule has 1 fully saturated rings. The van der Waals surface area contributed by atoms with Crippen LogP contribution in [0.1, 0.15) is 83.5 Å². The normalized spacial score (nSPS) is 24.6. The van der Waals surface area contributed by atoms with Gasteiger partial charge in [0, 0.05) is 6.04 Å². The molecule has 0 aromatic rings. The predicted molar refractivity (Wildman–Crippen MR) is 65.9 cm³/mol. The Hall–Kier alpha value is -0.0400. The minimum Gasteiger partial charge on any atom is -0.141 e. The van der Waals surface area contributed by atoms with E-state index < -0.39 is 0 Å². The first-order valence-corrected chi connectivity index (χ1v) is 7.07. The first kappa shape index (κ1) is 13.0. The van der Waals surface area contributed by atoms with Crippen LogP contribution in [0.25, 0.3) is 0 Å². The molecule has 0 N–H and O–H groups in total. The summed E-state index contributed by atoms with van der Waals surface area (Å²) in [5.74, 6) is 0. The van der Waals surface area contributed by atoms with Gasteiger partial charge in [-0.25, -0.2) is 0 Å². The van der Waals surface area contributed by atoms with E-state index in [1.807, 2.05) is 0 Å². The van der Waals surface area contributed by atoms with Crippen molar-refractivity contribution >= 4 is 0 Å². The Morgan fingerprint density at radius 2 is 0.733 bits per heavy atom. The Bertz CT molecular complexity index is 119. The van der Waals surface area contributed by atoms with Gasteiger partial charge in [0.2, 0.25) is 0 Å². The molecule has 0 saturated heterocycles. The van der Waals surface area contributed by atoms with Crippen molar-refractivity contribution in [2.24, 2.45) is 0 Å². The lowest BCUT2D eigenvalue weighted by molar-refractivity contribution is 0.462. The number of rotatable bonds is 0. The van der Waals surface area contributed by atoms with Crippen LogP contribution in [0.2, 0.25) is 0 Å². The van der Waals surface area contributed by atoms with E-state index in [9.17, 15) is 5.73 Å². The van der Waals surface area contributed by atoms with Gasteiger partial charge in [0.15, 0.2) is 0 Å². The van der Waals surface area contributed by atoms with E-state index in [-0.39, 0.29) is 6.04 Å². The molecule has 0 aromatic heterocycles. The zero-order chi connectivity index (χ0) is 10.8. The highest BCUT2D eigenvalue weighted by molar-refractivity contribution is 4.61. The van der Waals surface area contributed by atoms with Crippen LogP contribution in [0.3, 0.4) is 0 Å². The molecule has 1 nitrogen and oxygen atoms in total. The zero-order valence-electron chi connectivity index (χ0n) is 10.2. The Kier molecular flexibility index (Phi) is 7.99. The van der Waals surface area contributed by atoms with Crippen molar-refractivity contribution in [1.29, 1.82) is 0 Å². The maximum atomic E-state index is 9.72. The minimum atomic E-state index is -0.00654. The molecule has 1 heteroatoms. The molecule has 0 heterocycles. The second-order valence-electron chi connectivity index (χ2n) is 5.12. The summed E-state index contributed by atoms with van der Waals surface area (Å²) in [5.41, 5.74) is 9.72. The Labute approximate surface area is 95.8 Å². The van der Waals surface area contributed by atoms with Gasteiger partial charge in [0.1, 0.15) is 0 Å². The molecule has 0 unspecified atom stereocenters. The Morgan fingerprint density at radius 3 is 1.07 bits per heavy atom. The molecule has 1 aliphatic carbocycles. The number of nitrogens with zero attached hydrogens (tertiary/aromatic N) is 1. The molecule has 88 valence electrons. The molecule has 1 saturated carbocycles. The van der Waals surface area contributed by atoms with Gasteiger partial charge in [-0.2, -0.15) is 0 Å². The van der Waals surface area contributed by atoms with E-state index in [0.717, 1.165) is 12.8 Å². The molecule has 1 aliphatic rings. The van der Waals surface area contributed by atoms with Crippen LogP contribution in [-0.2, 0) is 0 Å². The molecule has 0 aliphatic heterocycles. The Balaban J connectivity index is 2.10. The summed E-state index contributed by atoms with van der Waals surface area (Å²) in [6, 6.07) is -0.00654. The van der Waals surface area contributed by atoms with E-state index in [2.05, 4.69) is 0 Å². The van der Waals surface area contributed by atoms with Gasteiger partial charge in [-0.05, 0) is 12.8 Å². The lowest BCUT2D eigenvalue weighted by atomic mass is 9.99. The number of hydrogen-bond donors (Lipinski definition) is 0. The van der Waals surface area contributed by atoms with Gasteiger partial charge >= 0.3 is 0 Å². The van der Waals surface area contributed by atoms with Gasteiger partial charge in [0.05, 0.1) is 0 Å². The topological polar surface area (TPSA) is 22.3 Å². The van der Waals surface area contributed by atoms with Crippen LogP contribution < -0.4 is 5.73 Å². The van der Waals surface area contributed by atoms with E-state index in [4.69, 9.17) is 0 Å². The van der Waals surface area contributed by atoms with Crippen molar-refractivity contribution in [3.05, 3.63) is 0 Å². The van der Waals surface area contributed by atoms with Gasteiger partial charge in [-0.3, -0.25) is 0 Å². The summed E-state index contributed by atoms with van der Waals surface area (Å²) in [5, 5.41) is 0. The summed E-state index contributed by atoms with van der Waals surface area (Å²) in [7, 11) is 0. The molecular weight excluding hydrogens is 182 g/mol. The van der Waals surface area contributed by atoms with Gasteiger partial charge in [0.25, 0.3) is 0 Å². The third-order valence-electron chi connectivity index (χ3n) is 3.57. The second-order valence-corrected chi connectivity index (χ2v) is 5.12. The lowest BCUT2D eigenvalue weighted by Crippen LogP contribution is -2.08. The minimum absolute atomic E-state index is 0.00654. The molecule has 0 atom stereocenters. The lowest BCUT2D eigenvalue weighted by Gasteiger charge is -2.10. The van der Waals surface area contributed by atoms with Crippen LogP contribution in [0, 0.1) is 0 Å². The number of hydrogen-bond acceptors (Lipinski definition) is 0. The SMILES string of the molecule is [N]C1CCCCCCCCCCCCC1. The molecular formula is C14H27N. The molecule has 0 aromatic carbocycles. The summed E-state index contributed by atoms with van der Waals surface area (Å²) >= 11 is 0. The van der Waals surface area contributed by atoms with E-state index in [1.54, 1.807) is 0 Å². The van der Waals surface area contributed by atoms with Crippen LogP contribution in [0.15, 0.2) is 0 Å². The highest BCUT2D eigenvalue weighted by Gasteiger charge is 2.04. The third-order valence-corrected chi connectivity index (χ3v) is 3.57. The first-order valence-electron chi connectivity index (χ1n) is 7.07. The van der Waals surface area contributed by atoms with Crippen molar-refractivity contribution in [3.8, 4) is 0 Å². The third kappa shape index (κ3) is 7.84. The maximum absolute atomic E-state index is 9.72. The van der Waals surface area contributed by atoms with Crippen molar-refractivity contribution in [2.45, 2.75) is 89.5 Å². The van der Waals surface area contributed by atoms with Gasteiger partial charge in [-0.15, -0.1) is 5.73 Å². The van der Waals surface area contributed by atoms with Crippen LogP contribution in [-0.4, -0.2) is 6.04 Å². The molecule has 0 bridgehead atoms. The van der Waals surface area contributed by atoms with E-state index >= 15 is 0 Å². The first-order chi connectivity index (χ1) is 7.39. The standard InChI is InChI=1S/C14H27N/c15-14-12-10-8-6-4-2-1-3-5-7-9-11-13-14/h14H,1-13H2. The average Bonchev–Trinajstić information content (AvgIpc) is 2.24. The second kappa shape index (κ2) is 9.21. The van der Waals surface area contributed by atoms with Crippen molar-refractivity contribution < 1.29 is 0 Å². The monoisotopic (exact) mass is 209 g/mol.